The highest BCUT2D eigenvalue weighted by Crippen LogP contribution is 2.28. The summed E-state index contributed by atoms with van der Waals surface area (Å²) in [5.41, 5.74) is 0.681. The van der Waals surface area contributed by atoms with Crippen molar-refractivity contribution >= 4 is 42.4 Å². The third kappa shape index (κ3) is 4.17. The molecule has 0 aliphatic carbocycles. The average Bonchev–Trinajstić information content (AvgIpc) is 2.95. The molecule has 0 bridgehead atoms. The summed E-state index contributed by atoms with van der Waals surface area (Å²) >= 11 is 1.29. The van der Waals surface area contributed by atoms with E-state index >= 15 is 0 Å². The van der Waals surface area contributed by atoms with Crippen LogP contribution in [-0.4, -0.2) is 74.6 Å². The number of fused-ring (bicyclic) bond motifs is 1. The molecule has 9 heteroatoms. The molecule has 1 aromatic carbocycles. The second kappa shape index (κ2) is 6.99. The Hall–Kier alpha value is -1.55. The average molecular weight is 383 g/mol. The van der Waals surface area contributed by atoms with Gasteiger partial charge in [-0.15, -0.1) is 0 Å². The minimum atomic E-state index is -3.26. The Morgan fingerprint density at radius 2 is 1.96 bits per heavy atom. The van der Waals surface area contributed by atoms with Crippen LogP contribution in [-0.2, 0) is 14.6 Å². The van der Waals surface area contributed by atoms with Gasteiger partial charge in [0.05, 0.1) is 21.2 Å². The molecule has 136 valence electrons. The molecule has 0 unspecified atom stereocenters. The molecule has 25 heavy (non-hydrogen) atoms. The van der Waals surface area contributed by atoms with Crippen LogP contribution in [0.25, 0.3) is 10.2 Å². The van der Waals surface area contributed by atoms with Gasteiger partial charge >= 0.3 is 0 Å². The Labute approximate surface area is 151 Å². The fraction of sp³-hybridized carbons (Fsp3) is 0.500. The summed E-state index contributed by atoms with van der Waals surface area (Å²) in [6.07, 6.45) is 1.18. The zero-order valence-electron chi connectivity index (χ0n) is 14.5. The monoisotopic (exact) mass is 382 g/mol. The predicted molar refractivity (Wildman–Crippen MR) is 99.9 cm³/mol. The van der Waals surface area contributed by atoms with Gasteiger partial charge in [-0.2, -0.15) is 0 Å². The molecule has 0 saturated carbocycles. The Morgan fingerprint density at radius 3 is 2.60 bits per heavy atom. The maximum Gasteiger partial charge on any atom is 0.243 e. The number of aromatic nitrogens is 1. The molecule has 2 heterocycles. The van der Waals surface area contributed by atoms with Crippen LogP contribution < -0.4 is 5.32 Å². The first-order valence-electron chi connectivity index (χ1n) is 8.08. The van der Waals surface area contributed by atoms with Crippen molar-refractivity contribution in [2.45, 2.75) is 17.9 Å². The summed E-state index contributed by atoms with van der Waals surface area (Å²) in [7, 11) is -1.18. The maximum absolute atomic E-state index is 12.5. The second-order valence-electron chi connectivity index (χ2n) is 6.43. The highest BCUT2D eigenvalue weighted by atomic mass is 32.2. The SMILES string of the molecule is C[C@@H](C(=O)Nc1nc2ccc(S(C)(=O)=O)cc2s1)N1CCN(C)CC1. The van der Waals surface area contributed by atoms with Crippen molar-refractivity contribution in [2.75, 3.05) is 44.8 Å². The lowest BCUT2D eigenvalue weighted by Crippen LogP contribution is -2.51. The number of hydrogen-bond donors (Lipinski definition) is 1. The lowest BCUT2D eigenvalue weighted by atomic mass is 10.2. The first-order chi connectivity index (χ1) is 11.7. The number of likely N-dealkylation sites (N-methyl/N-ethyl adjacent to an activating group) is 1. The largest absolute Gasteiger partial charge is 0.304 e. The molecule has 1 aliphatic heterocycles. The van der Waals surface area contributed by atoms with Crippen LogP contribution in [0.15, 0.2) is 23.1 Å². The normalized spacial score (nSPS) is 18.4. The van der Waals surface area contributed by atoms with E-state index < -0.39 is 9.84 Å². The van der Waals surface area contributed by atoms with Crippen LogP contribution in [0.2, 0.25) is 0 Å². The number of thiazole rings is 1. The predicted octanol–water partition coefficient (Wildman–Crippen LogP) is 1.27. The molecule has 1 fully saturated rings. The van der Waals surface area contributed by atoms with Crippen LogP contribution in [0.1, 0.15) is 6.92 Å². The molecular weight excluding hydrogens is 360 g/mol. The molecule has 0 radical (unpaired) electrons. The van der Waals surface area contributed by atoms with Gasteiger partial charge in [-0.1, -0.05) is 11.3 Å². The van der Waals surface area contributed by atoms with E-state index in [0.29, 0.717) is 10.6 Å². The number of carbonyl (C=O) groups is 1. The number of amides is 1. The first-order valence-corrected chi connectivity index (χ1v) is 10.8. The van der Waals surface area contributed by atoms with Crippen molar-refractivity contribution in [3.63, 3.8) is 0 Å². The van der Waals surface area contributed by atoms with Crippen LogP contribution in [0.3, 0.4) is 0 Å². The summed E-state index contributed by atoms with van der Waals surface area (Å²) in [5, 5.41) is 3.35. The quantitative estimate of drug-likeness (QED) is 0.858. The molecule has 1 saturated heterocycles. The van der Waals surface area contributed by atoms with Gasteiger partial charge in [0.15, 0.2) is 15.0 Å². The summed E-state index contributed by atoms with van der Waals surface area (Å²) in [4.78, 5) is 21.5. The van der Waals surface area contributed by atoms with E-state index in [0.717, 1.165) is 30.9 Å². The van der Waals surface area contributed by atoms with Crippen LogP contribution >= 0.6 is 11.3 Å². The molecule has 3 rings (SSSR count). The van der Waals surface area contributed by atoms with Crippen molar-refractivity contribution in [2.24, 2.45) is 0 Å². The highest BCUT2D eigenvalue weighted by molar-refractivity contribution is 7.90. The molecule has 1 aromatic heterocycles. The number of carbonyl (C=O) groups excluding carboxylic acids is 1. The second-order valence-corrected chi connectivity index (χ2v) is 9.47. The lowest BCUT2D eigenvalue weighted by molar-refractivity contribution is -0.121. The van der Waals surface area contributed by atoms with Crippen molar-refractivity contribution < 1.29 is 13.2 Å². The topological polar surface area (TPSA) is 82.6 Å². The van der Waals surface area contributed by atoms with E-state index in [9.17, 15) is 13.2 Å². The number of sulfone groups is 1. The summed E-state index contributed by atoms with van der Waals surface area (Å²) in [6, 6.07) is 4.58. The molecule has 1 aliphatic rings. The molecular formula is C16H22N4O3S2. The van der Waals surface area contributed by atoms with Gasteiger partial charge in [0.1, 0.15) is 0 Å². The van der Waals surface area contributed by atoms with E-state index in [2.05, 4.69) is 27.1 Å². The van der Waals surface area contributed by atoms with Gasteiger partial charge in [0.2, 0.25) is 5.91 Å². The molecule has 0 spiro atoms. The smallest absolute Gasteiger partial charge is 0.243 e. The van der Waals surface area contributed by atoms with Gasteiger partial charge in [-0.25, -0.2) is 13.4 Å². The summed E-state index contributed by atoms with van der Waals surface area (Å²) in [5.74, 6) is -0.0908. The fourth-order valence-corrected chi connectivity index (χ4v) is 4.40. The fourth-order valence-electron chi connectivity index (χ4n) is 2.77. The number of piperazine rings is 1. The highest BCUT2D eigenvalue weighted by Gasteiger charge is 2.25. The van der Waals surface area contributed by atoms with Gasteiger partial charge in [-0.3, -0.25) is 9.69 Å². The van der Waals surface area contributed by atoms with Crippen LogP contribution in [0, 0.1) is 0 Å². The Bertz CT molecular complexity index is 886. The van der Waals surface area contributed by atoms with E-state index in [1.165, 1.54) is 23.7 Å². The van der Waals surface area contributed by atoms with Gasteiger partial charge in [0, 0.05) is 32.4 Å². The lowest BCUT2D eigenvalue weighted by Gasteiger charge is -2.35. The molecule has 1 N–H and O–H groups in total. The third-order valence-corrected chi connectivity index (χ3v) is 6.53. The summed E-state index contributed by atoms with van der Waals surface area (Å²) in [6.45, 7) is 5.53. The number of rotatable bonds is 4. The Morgan fingerprint density at radius 1 is 1.28 bits per heavy atom. The summed E-state index contributed by atoms with van der Waals surface area (Å²) < 4.78 is 24.0. The van der Waals surface area contributed by atoms with Crippen LogP contribution in [0.5, 0.6) is 0 Å². The Balaban J connectivity index is 1.73. The number of anilines is 1. The van der Waals surface area contributed by atoms with E-state index in [1.807, 2.05) is 6.92 Å². The molecule has 7 nitrogen and oxygen atoms in total. The minimum absolute atomic E-state index is 0.0908. The molecule has 1 atom stereocenters. The molecule has 2 aromatic rings. The number of nitrogens with one attached hydrogen (secondary N) is 1. The van der Waals surface area contributed by atoms with E-state index in [-0.39, 0.29) is 16.8 Å². The zero-order chi connectivity index (χ0) is 18.2. The van der Waals surface area contributed by atoms with Gasteiger partial charge in [-0.05, 0) is 32.2 Å². The van der Waals surface area contributed by atoms with E-state index in [1.54, 1.807) is 12.1 Å². The molecule has 1 amide bonds. The number of nitrogens with zero attached hydrogens (tertiary/aromatic N) is 3. The van der Waals surface area contributed by atoms with Crippen LogP contribution in [0.4, 0.5) is 5.13 Å². The number of benzene rings is 1. The standard InChI is InChI=1S/C16H22N4O3S2/c1-11(20-8-6-19(2)7-9-20)15(21)18-16-17-13-5-4-12(25(3,22)23)10-14(13)24-16/h4-5,10-11H,6-9H2,1-3H3,(H,17,18,21)/t11-/m0/s1. The minimum Gasteiger partial charge on any atom is -0.304 e. The zero-order valence-corrected chi connectivity index (χ0v) is 16.2. The third-order valence-electron chi connectivity index (χ3n) is 4.48. The van der Waals surface area contributed by atoms with Gasteiger partial charge in [0.25, 0.3) is 0 Å². The first kappa shape index (κ1) is 18.2. The van der Waals surface area contributed by atoms with Crippen molar-refractivity contribution in [1.82, 2.24) is 14.8 Å². The van der Waals surface area contributed by atoms with E-state index in [4.69, 9.17) is 0 Å². The number of hydrogen-bond acceptors (Lipinski definition) is 7. The van der Waals surface area contributed by atoms with Crippen molar-refractivity contribution in [3.05, 3.63) is 18.2 Å². The maximum atomic E-state index is 12.5. The van der Waals surface area contributed by atoms with Crippen molar-refractivity contribution in [1.29, 1.82) is 0 Å². The van der Waals surface area contributed by atoms with Crippen molar-refractivity contribution in [3.8, 4) is 0 Å². The van der Waals surface area contributed by atoms with Gasteiger partial charge < -0.3 is 10.2 Å². The Kier molecular flexibility index (Phi) is 5.10.